The second kappa shape index (κ2) is 53.6. The van der Waals surface area contributed by atoms with E-state index in [4.69, 9.17) is 4.74 Å². The quantitative estimate of drug-likeness (QED) is 0.0447. The predicted octanol–water partition coefficient (Wildman–Crippen LogP) is 18.2. The number of hydrogen-bond acceptors (Lipinski definition) is 6. The van der Waals surface area contributed by atoms with E-state index >= 15 is 0 Å². The number of carbonyl (C=O) groups excluding carboxylic acids is 2. The van der Waals surface area contributed by atoms with Crippen molar-refractivity contribution in [2.45, 2.75) is 317 Å². The number of unbranched alkanes of at least 4 members (excludes halogenated alkanes) is 35. The molecule has 1 saturated heterocycles. The Bertz CT molecular complexity index is 1090. The molecule has 0 saturated carbocycles. The van der Waals surface area contributed by atoms with E-state index < -0.39 is 0 Å². The van der Waals surface area contributed by atoms with Crippen LogP contribution < -0.4 is 0 Å². The summed E-state index contributed by atoms with van der Waals surface area (Å²) in [5, 5.41) is 0. The second-order valence-corrected chi connectivity index (χ2v) is 22.9. The zero-order chi connectivity index (χ0) is 51.3. The van der Waals surface area contributed by atoms with Crippen molar-refractivity contribution in [3.05, 3.63) is 0 Å². The molecular weight excluding hydrogens is 873 g/mol. The lowest BCUT2D eigenvalue weighted by atomic mass is 10.0. The molecule has 1 rings (SSSR count). The molecule has 0 aromatic rings. The molecule has 7 heteroatoms. The molecule has 71 heavy (non-hydrogen) atoms. The highest BCUT2D eigenvalue weighted by molar-refractivity contribution is 5.78. The maximum Gasteiger partial charge on any atom is 0.305 e. The molecule has 1 aliphatic heterocycles. The van der Waals surface area contributed by atoms with Crippen LogP contribution in [0.15, 0.2) is 0 Å². The largest absolute Gasteiger partial charge is 0.466 e. The van der Waals surface area contributed by atoms with Crippen molar-refractivity contribution < 1.29 is 14.3 Å². The molecule has 422 valence electrons. The van der Waals surface area contributed by atoms with E-state index in [1.807, 2.05) is 0 Å². The molecule has 0 aromatic carbocycles. The van der Waals surface area contributed by atoms with Gasteiger partial charge in [-0.25, -0.2) is 0 Å². The minimum Gasteiger partial charge on any atom is -0.466 e. The van der Waals surface area contributed by atoms with Gasteiger partial charge in [0.1, 0.15) is 0 Å². The summed E-state index contributed by atoms with van der Waals surface area (Å²) in [7, 11) is 0. The Morgan fingerprint density at radius 1 is 0.380 bits per heavy atom. The summed E-state index contributed by atoms with van der Waals surface area (Å²) in [6.45, 7) is 23.8. The smallest absolute Gasteiger partial charge is 0.305 e. The molecule has 7 nitrogen and oxygen atoms in total. The maximum atomic E-state index is 14.2. The number of ether oxygens (including phenoxy) is 1. The first-order chi connectivity index (χ1) is 35.0. The van der Waals surface area contributed by atoms with Gasteiger partial charge >= 0.3 is 5.97 Å². The predicted molar refractivity (Wildman–Crippen MR) is 312 cm³/mol. The van der Waals surface area contributed by atoms with Crippen LogP contribution in [0.25, 0.3) is 0 Å². The highest BCUT2D eigenvalue weighted by Gasteiger charge is 2.27. The van der Waals surface area contributed by atoms with E-state index in [0.29, 0.717) is 31.4 Å². The van der Waals surface area contributed by atoms with Crippen LogP contribution in [0.3, 0.4) is 0 Å². The summed E-state index contributed by atoms with van der Waals surface area (Å²) in [5.41, 5.74) is 0. The fraction of sp³-hybridized carbons (Fsp3) is 0.969. The highest BCUT2D eigenvalue weighted by atomic mass is 16.5. The Balaban J connectivity index is 2.75. The van der Waals surface area contributed by atoms with Crippen LogP contribution in [-0.4, -0.2) is 110 Å². The van der Waals surface area contributed by atoms with Crippen LogP contribution >= 0.6 is 0 Å². The Morgan fingerprint density at radius 3 is 1.11 bits per heavy atom. The van der Waals surface area contributed by atoms with Crippen molar-refractivity contribution in [1.29, 1.82) is 0 Å². The van der Waals surface area contributed by atoms with Gasteiger partial charge in [0.25, 0.3) is 0 Å². The summed E-state index contributed by atoms with van der Waals surface area (Å²) in [6, 6.07) is 0. The van der Waals surface area contributed by atoms with Crippen LogP contribution in [0.1, 0.15) is 317 Å². The van der Waals surface area contributed by atoms with Crippen molar-refractivity contribution in [3.8, 4) is 0 Å². The molecular formula is C64H128N4O3. The SMILES string of the molecule is CCCCCCCCCCCCCCN(CCCCCCCC(=O)OCCCCC)CCC1CCN(C(=O)CN(CCCCCCCCC)CCN(CCCCCCCCC)CCCCCCCCC)C1. The van der Waals surface area contributed by atoms with Gasteiger partial charge < -0.3 is 19.4 Å². The van der Waals surface area contributed by atoms with Gasteiger partial charge in [0.15, 0.2) is 0 Å². The van der Waals surface area contributed by atoms with E-state index in [1.54, 1.807) is 0 Å². The summed E-state index contributed by atoms with van der Waals surface area (Å²) in [6.07, 6.45) is 57.3. The summed E-state index contributed by atoms with van der Waals surface area (Å²) in [5.74, 6) is 1.01. The molecule has 1 atom stereocenters. The number of likely N-dealkylation sites (tertiary alicyclic amines) is 1. The lowest BCUT2D eigenvalue weighted by molar-refractivity contribution is -0.144. The number of amides is 1. The third-order valence-corrected chi connectivity index (χ3v) is 16.0. The number of rotatable bonds is 57. The second-order valence-electron chi connectivity index (χ2n) is 22.9. The van der Waals surface area contributed by atoms with Gasteiger partial charge in [-0.2, -0.15) is 0 Å². The minimum absolute atomic E-state index is 0.00674. The molecule has 0 bridgehead atoms. The number of carbonyl (C=O) groups is 2. The molecule has 1 amide bonds. The topological polar surface area (TPSA) is 56.3 Å². The van der Waals surface area contributed by atoms with Gasteiger partial charge in [0, 0.05) is 32.6 Å². The Kier molecular flexibility index (Phi) is 51.2. The van der Waals surface area contributed by atoms with Crippen LogP contribution in [0, 0.1) is 5.92 Å². The van der Waals surface area contributed by atoms with E-state index in [1.165, 1.54) is 277 Å². The van der Waals surface area contributed by atoms with Gasteiger partial charge in [-0.3, -0.25) is 14.5 Å². The average Bonchev–Trinajstić information content (AvgIpc) is 3.86. The summed E-state index contributed by atoms with van der Waals surface area (Å²) < 4.78 is 5.43. The monoisotopic (exact) mass is 1000 g/mol. The number of nitrogens with zero attached hydrogens (tertiary/aromatic N) is 4. The van der Waals surface area contributed by atoms with Crippen LogP contribution in [0.2, 0.25) is 0 Å². The van der Waals surface area contributed by atoms with Crippen molar-refractivity contribution >= 4 is 11.9 Å². The van der Waals surface area contributed by atoms with Crippen LogP contribution in [0.5, 0.6) is 0 Å². The summed E-state index contributed by atoms with van der Waals surface area (Å²) in [4.78, 5) is 36.7. The first kappa shape index (κ1) is 67.8. The first-order valence-electron chi connectivity index (χ1n) is 32.6. The Labute approximate surface area is 445 Å². The van der Waals surface area contributed by atoms with Gasteiger partial charge in [-0.15, -0.1) is 0 Å². The normalized spacial score (nSPS) is 14.0. The molecule has 0 aliphatic carbocycles. The maximum absolute atomic E-state index is 14.2. The van der Waals surface area contributed by atoms with Crippen LogP contribution in [-0.2, 0) is 14.3 Å². The lowest BCUT2D eigenvalue weighted by Crippen LogP contribution is -2.43. The van der Waals surface area contributed by atoms with Crippen molar-refractivity contribution in [2.24, 2.45) is 5.92 Å². The average molecular weight is 1000 g/mol. The van der Waals surface area contributed by atoms with Gasteiger partial charge in [0.2, 0.25) is 5.91 Å². The van der Waals surface area contributed by atoms with E-state index in [9.17, 15) is 9.59 Å². The van der Waals surface area contributed by atoms with Crippen molar-refractivity contribution in [2.75, 3.05) is 78.6 Å². The minimum atomic E-state index is -0.00674. The van der Waals surface area contributed by atoms with E-state index in [2.05, 4.69) is 54.2 Å². The highest BCUT2D eigenvalue weighted by Crippen LogP contribution is 2.22. The fourth-order valence-electron chi connectivity index (χ4n) is 11.0. The van der Waals surface area contributed by atoms with Gasteiger partial charge in [0.05, 0.1) is 13.2 Å². The van der Waals surface area contributed by atoms with E-state index in [0.717, 1.165) is 64.8 Å². The van der Waals surface area contributed by atoms with Crippen molar-refractivity contribution in [1.82, 2.24) is 19.6 Å². The molecule has 1 unspecified atom stereocenters. The molecule has 0 aromatic heterocycles. The standard InChI is InChI=1S/C64H128N4O3/c1-6-11-16-20-24-25-26-27-28-32-37-41-50-65(51-42-39-33-34-40-47-64(70)71-59-46-15-10-5)55-48-62-49-56-68(60-62)63(69)61-67(54-45-38-31-23-19-14-9-4)58-57-66(52-43-35-29-21-17-12-7-2)53-44-36-30-22-18-13-8-3/h62H,6-61H2,1-5H3. The summed E-state index contributed by atoms with van der Waals surface area (Å²) >= 11 is 0. The third-order valence-electron chi connectivity index (χ3n) is 16.0. The Hall–Kier alpha value is -1.18. The molecule has 1 aliphatic rings. The van der Waals surface area contributed by atoms with E-state index in [-0.39, 0.29) is 5.97 Å². The zero-order valence-electron chi connectivity index (χ0n) is 49.2. The Morgan fingerprint density at radius 2 is 0.704 bits per heavy atom. The molecule has 1 fully saturated rings. The fourth-order valence-corrected chi connectivity index (χ4v) is 11.0. The molecule has 0 radical (unpaired) electrons. The molecule has 0 N–H and O–H groups in total. The van der Waals surface area contributed by atoms with Crippen molar-refractivity contribution in [3.63, 3.8) is 0 Å². The number of hydrogen-bond donors (Lipinski definition) is 0. The molecule has 0 spiro atoms. The van der Waals surface area contributed by atoms with Gasteiger partial charge in [-0.1, -0.05) is 253 Å². The number of esters is 1. The first-order valence-corrected chi connectivity index (χ1v) is 32.6. The molecule has 1 heterocycles. The van der Waals surface area contributed by atoms with Crippen LogP contribution in [0.4, 0.5) is 0 Å². The van der Waals surface area contributed by atoms with Gasteiger partial charge in [-0.05, 0) is 103 Å². The lowest BCUT2D eigenvalue weighted by Gasteiger charge is -2.29. The zero-order valence-corrected chi connectivity index (χ0v) is 49.2. The third kappa shape index (κ3) is 44.8.